The van der Waals surface area contributed by atoms with Gasteiger partial charge in [-0.05, 0) is 23.6 Å². The SMILES string of the molecule is O=C(NC(CO)CO)c1sccc1-n1cccc1. The average Bonchev–Trinajstić information content (AvgIpc) is 3.04. The molecular weight excluding hydrogens is 252 g/mol. The fourth-order valence-corrected chi connectivity index (χ4v) is 2.36. The number of carbonyl (C=O) groups is 1. The van der Waals surface area contributed by atoms with E-state index >= 15 is 0 Å². The van der Waals surface area contributed by atoms with Gasteiger partial charge in [0, 0.05) is 12.4 Å². The third-order valence-corrected chi connectivity index (χ3v) is 3.41. The smallest absolute Gasteiger partial charge is 0.263 e. The van der Waals surface area contributed by atoms with E-state index in [0.717, 1.165) is 5.69 Å². The van der Waals surface area contributed by atoms with Gasteiger partial charge in [-0.3, -0.25) is 4.79 Å². The van der Waals surface area contributed by atoms with E-state index in [0.29, 0.717) is 4.88 Å². The lowest BCUT2D eigenvalue weighted by Gasteiger charge is -2.13. The van der Waals surface area contributed by atoms with Crippen LogP contribution < -0.4 is 5.32 Å². The summed E-state index contributed by atoms with van der Waals surface area (Å²) in [4.78, 5) is 12.6. The maximum Gasteiger partial charge on any atom is 0.263 e. The number of thiophene rings is 1. The number of nitrogens with one attached hydrogen (secondary N) is 1. The molecule has 3 N–H and O–H groups in total. The number of carbonyl (C=O) groups excluding carboxylic acids is 1. The molecule has 2 aromatic rings. The van der Waals surface area contributed by atoms with Crippen LogP contribution in [0, 0.1) is 0 Å². The highest BCUT2D eigenvalue weighted by Gasteiger charge is 2.17. The molecule has 2 heterocycles. The number of hydrogen-bond acceptors (Lipinski definition) is 4. The first kappa shape index (κ1) is 12.8. The Bertz CT molecular complexity index is 503. The third kappa shape index (κ3) is 2.61. The van der Waals surface area contributed by atoms with E-state index in [-0.39, 0.29) is 19.1 Å². The van der Waals surface area contributed by atoms with Crippen LogP contribution in [0.15, 0.2) is 36.0 Å². The van der Waals surface area contributed by atoms with Crippen molar-refractivity contribution in [3.63, 3.8) is 0 Å². The Morgan fingerprint density at radius 2 is 2.00 bits per heavy atom. The lowest BCUT2D eigenvalue weighted by atomic mass is 10.3. The van der Waals surface area contributed by atoms with Gasteiger partial charge in [-0.15, -0.1) is 11.3 Å². The summed E-state index contributed by atoms with van der Waals surface area (Å²) in [7, 11) is 0. The van der Waals surface area contributed by atoms with Crippen LogP contribution in [0.4, 0.5) is 0 Å². The van der Waals surface area contributed by atoms with Crippen LogP contribution in [-0.2, 0) is 0 Å². The molecule has 2 aromatic heterocycles. The van der Waals surface area contributed by atoms with E-state index in [1.54, 1.807) is 0 Å². The molecule has 0 aliphatic heterocycles. The Kier molecular flexibility index (Phi) is 4.14. The topological polar surface area (TPSA) is 74.5 Å². The molecule has 0 spiro atoms. The van der Waals surface area contributed by atoms with Crippen molar-refractivity contribution in [3.05, 3.63) is 40.8 Å². The molecule has 0 radical (unpaired) electrons. The van der Waals surface area contributed by atoms with Gasteiger partial charge < -0.3 is 20.1 Å². The van der Waals surface area contributed by atoms with Crippen LogP contribution in [0.2, 0.25) is 0 Å². The van der Waals surface area contributed by atoms with Gasteiger partial charge >= 0.3 is 0 Å². The molecule has 2 rings (SSSR count). The van der Waals surface area contributed by atoms with Crippen molar-refractivity contribution in [1.82, 2.24) is 9.88 Å². The molecule has 96 valence electrons. The zero-order valence-electron chi connectivity index (χ0n) is 9.61. The molecule has 0 bridgehead atoms. The van der Waals surface area contributed by atoms with Gasteiger partial charge in [-0.25, -0.2) is 0 Å². The highest BCUT2D eigenvalue weighted by Crippen LogP contribution is 2.21. The quantitative estimate of drug-likeness (QED) is 0.743. The van der Waals surface area contributed by atoms with Gasteiger partial charge in [-0.1, -0.05) is 0 Å². The first-order chi connectivity index (χ1) is 8.76. The number of aliphatic hydroxyl groups excluding tert-OH is 2. The minimum atomic E-state index is -0.628. The minimum Gasteiger partial charge on any atom is -0.394 e. The van der Waals surface area contributed by atoms with Crippen LogP contribution in [0.25, 0.3) is 5.69 Å². The van der Waals surface area contributed by atoms with Crippen LogP contribution in [0.3, 0.4) is 0 Å². The summed E-state index contributed by atoms with van der Waals surface area (Å²) in [6.45, 7) is -0.570. The number of aliphatic hydroxyl groups is 2. The second kappa shape index (κ2) is 5.81. The van der Waals surface area contributed by atoms with Gasteiger partial charge in [0.05, 0.1) is 24.9 Å². The van der Waals surface area contributed by atoms with E-state index in [2.05, 4.69) is 5.32 Å². The van der Waals surface area contributed by atoms with E-state index in [1.807, 2.05) is 40.5 Å². The molecule has 18 heavy (non-hydrogen) atoms. The number of aromatic nitrogens is 1. The minimum absolute atomic E-state index is 0.285. The second-order valence-electron chi connectivity index (χ2n) is 3.76. The van der Waals surface area contributed by atoms with Gasteiger partial charge in [0.2, 0.25) is 0 Å². The molecule has 0 aromatic carbocycles. The second-order valence-corrected chi connectivity index (χ2v) is 4.68. The van der Waals surface area contributed by atoms with E-state index in [4.69, 9.17) is 10.2 Å². The van der Waals surface area contributed by atoms with Gasteiger partial charge in [0.1, 0.15) is 4.88 Å². The fourth-order valence-electron chi connectivity index (χ4n) is 1.57. The standard InChI is InChI=1S/C12H14N2O3S/c15-7-9(8-16)13-12(17)11-10(3-6-18-11)14-4-1-2-5-14/h1-6,9,15-16H,7-8H2,(H,13,17). The summed E-state index contributed by atoms with van der Waals surface area (Å²) in [6, 6.07) is 4.98. The van der Waals surface area contributed by atoms with Crippen molar-refractivity contribution in [2.24, 2.45) is 0 Å². The van der Waals surface area contributed by atoms with Crippen LogP contribution in [0.1, 0.15) is 9.67 Å². The maximum atomic E-state index is 12.0. The van der Waals surface area contributed by atoms with Crippen molar-refractivity contribution in [2.45, 2.75) is 6.04 Å². The van der Waals surface area contributed by atoms with Crippen LogP contribution >= 0.6 is 11.3 Å². The Balaban J connectivity index is 2.19. The lowest BCUT2D eigenvalue weighted by molar-refractivity contribution is 0.0883. The highest BCUT2D eigenvalue weighted by atomic mass is 32.1. The number of rotatable bonds is 5. The zero-order chi connectivity index (χ0) is 13.0. The summed E-state index contributed by atoms with van der Waals surface area (Å²) in [6.07, 6.45) is 3.71. The average molecular weight is 266 g/mol. The molecular formula is C12H14N2O3S. The predicted molar refractivity (Wildman–Crippen MR) is 69.1 cm³/mol. The number of nitrogens with zero attached hydrogens (tertiary/aromatic N) is 1. The molecule has 0 saturated heterocycles. The fraction of sp³-hybridized carbons (Fsp3) is 0.250. The molecule has 0 aliphatic carbocycles. The van der Waals surface area contributed by atoms with E-state index in [1.165, 1.54) is 11.3 Å². The summed E-state index contributed by atoms with van der Waals surface area (Å²) in [5, 5.41) is 22.3. The summed E-state index contributed by atoms with van der Waals surface area (Å²) >= 11 is 1.32. The first-order valence-electron chi connectivity index (χ1n) is 5.49. The van der Waals surface area contributed by atoms with E-state index < -0.39 is 6.04 Å². The van der Waals surface area contributed by atoms with Crippen molar-refractivity contribution < 1.29 is 15.0 Å². The largest absolute Gasteiger partial charge is 0.394 e. The normalized spacial score (nSPS) is 10.8. The predicted octanol–water partition coefficient (Wildman–Crippen LogP) is 0.622. The van der Waals surface area contributed by atoms with Gasteiger partial charge in [0.15, 0.2) is 0 Å². The van der Waals surface area contributed by atoms with Gasteiger partial charge in [-0.2, -0.15) is 0 Å². The summed E-state index contributed by atoms with van der Waals surface area (Å²) in [5.74, 6) is -0.290. The lowest BCUT2D eigenvalue weighted by Crippen LogP contribution is -2.40. The van der Waals surface area contributed by atoms with Gasteiger partial charge in [0.25, 0.3) is 5.91 Å². The van der Waals surface area contributed by atoms with Crippen molar-refractivity contribution >= 4 is 17.2 Å². The molecule has 0 unspecified atom stereocenters. The zero-order valence-corrected chi connectivity index (χ0v) is 10.4. The Hall–Kier alpha value is -1.63. The summed E-state index contributed by atoms with van der Waals surface area (Å²) < 4.78 is 1.85. The first-order valence-corrected chi connectivity index (χ1v) is 6.37. The molecule has 0 aliphatic rings. The van der Waals surface area contributed by atoms with Crippen LogP contribution in [-0.4, -0.2) is 39.9 Å². The Labute approximate surface area is 108 Å². The number of hydrogen-bond donors (Lipinski definition) is 3. The molecule has 0 fully saturated rings. The molecule has 5 nitrogen and oxygen atoms in total. The molecule has 1 amide bonds. The van der Waals surface area contributed by atoms with Crippen molar-refractivity contribution in [2.75, 3.05) is 13.2 Å². The van der Waals surface area contributed by atoms with Crippen molar-refractivity contribution in [3.8, 4) is 5.69 Å². The number of amides is 1. The maximum absolute atomic E-state index is 12.0. The molecule has 0 atom stereocenters. The molecule has 0 saturated carbocycles. The molecule has 6 heteroatoms. The highest BCUT2D eigenvalue weighted by molar-refractivity contribution is 7.12. The summed E-state index contributed by atoms with van der Waals surface area (Å²) in [5.41, 5.74) is 0.789. The monoisotopic (exact) mass is 266 g/mol. The van der Waals surface area contributed by atoms with E-state index in [9.17, 15) is 4.79 Å². The Morgan fingerprint density at radius 1 is 1.33 bits per heavy atom. The Morgan fingerprint density at radius 3 is 2.61 bits per heavy atom. The van der Waals surface area contributed by atoms with Crippen molar-refractivity contribution in [1.29, 1.82) is 0 Å². The van der Waals surface area contributed by atoms with Crippen LogP contribution in [0.5, 0.6) is 0 Å². The third-order valence-electron chi connectivity index (χ3n) is 2.51.